The van der Waals surface area contributed by atoms with Gasteiger partial charge in [-0.25, -0.2) is 0 Å². The van der Waals surface area contributed by atoms with Crippen LogP contribution >= 0.6 is 11.6 Å². The van der Waals surface area contributed by atoms with Crippen LogP contribution in [0.2, 0.25) is 0 Å². The van der Waals surface area contributed by atoms with Gasteiger partial charge in [0.1, 0.15) is 5.75 Å². The zero-order valence-corrected chi connectivity index (χ0v) is 12.7. The summed E-state index contributed by atoms with van der Waals surface area (Å²) in [6, 6.07) is 5.54. The third-order valence-electron chi connectivity index (χ3n) is 3.08. The Balaban J connectivity index is 2.88. The molecule has 0 fully saturated rings. The van der Waals surface area contributed by atoms with E-state index in [0.29, 0.717) is 18.0 Å². The number of ether oxygens (including phenoxy) is 1. The number of nitrogens with zero attached hydrogens (tertiary/aromatic N) is 1. The second-order valence-electron chi connectivity index (χ2n) is 4.52. The van der Waals surface area contributed by atoms with Crippen molar-refractivity contribution in [2.75, 3.05) is 26.1 Å². The number of rotatable bonds is 7. The number of aryl methyl sites for hydroxylation is 1. The second kappa shape index (κ2) is 8.05. The van der Waals surface area contributed by atoms with Gasteiger partial charge in [0.25, 0.3) is 5.91 Å². The molecule has 0 spiro atoms. The molecule has 106 valence electrons. The van der Waals surface area contributed by atoms with Gasteiger partial charge in [-0.3, -0.25) is 4.79 Å². The first-order chi connectivity index (χ1) is 9.13. The highest BCUT2D eigenvalue weighted by Gasteiger charge is 2.15. The van der Waals surface area contributed by atoms with E-state index in [1.54, 1.807) is 18.1 Å². The SMILES string of the molecule is CCCCN(CCCl)C(=O)c1ccc(C)c(OC)c1. The van der Waals surface area contributed by atoms with E-state index in [0.717, 1.165) is 30.7 Å². The summed E-state index contributed by atoms with van der Waals surface area (Å²) >= 11 is 5.77. The molecule has 4 heteroatoms. The Bertz CT molecular complexity index is 421. The number of hydrogen-bond donors (Lipinski definition) is 0. The number of unbranched alkanes of at least 4 members (excludes halogenated alkanes) is 1. The highest BCUT2D eigenvalue weighted by molar-refractivity contribution is 6.18. The summed E-state index contributed by atoms with van der Waals surface area (Å²) in [4.78, 5) is 14.2. The highest BCUT2D eigenvalue weighted by Crippen LogP contribution is 2.20. The summed E-state index contributed by atoms with van der Waals surface area (Å²) in [5.74, 6) is 1.22. The van der Waals surface area contributed by atoms with Crippen LogP contribution in [0.3, 0.4) is 0 Å². The van der Waals surface area contributed by atoms with E-state index in [-0.39, 0.29) is 5.91 Å². The Hall–Kier alpha value is -1.22. The van der Waals surface area contributed by atoms with Crippen molar-refractivity contribution in [3.05, 3.63) is 29.3 Å². The zero-order valence-electron chi connectivity index (χ0n) is 11.9. The molecule has 3 nitrogen and oxygen atoms in total. The van der Waals surface area contributed by atoms with Gasteiger partial charge in [0, 0.05) is 24.5 Å². The molecule has 1 aromatic rings. The minimum absolute atomic E-state index is 0.0207. The lowest BCUT2D eigenvalue weighted by Gasteiger charge is -2.22. The molecule has 0 atom stereocenters. The molecule has 0 aromatic heterocycles. The fraction of sp³-hybridized carbons (Fsp3) is 0.533. The number of alkyl halides is 1. The molecule has 0 radical (unpaired) electrons. The maximum absolute atomic E-state index is 12.4. The normalized spacial score (nSPS) is 10.3. The summed E-state index contributed by atoms with van der Waals surface area (Å²) < 4.78 is 5.26. The van der Waals surface area contributed by atoms with Gasteiger partial charge in [-0.15, -0.1) is 11.6 Å². The molecule has 0 aliphatic rings. The van der Waals surface area contributed by atoms with Crippen LogP contribution < -0.4 is 4.74 Å². The van der Waals surface area contributed by atoms with Crippen molar-refractivity contribution in [3.63, 3.8) is 0 Å². The van der Waals surface area contributed by atoms with Crippen molar-refractivity contribution in [1.29, 1.82) is 0 Å². The predicted molar refractivity (Wildman–Crippen MR) is 79.3 cm³/mol. The molecule has 0 aliphatic carbocycles. The Morgan fingerprint density at radius 1 is 1.37 bits per heavy atom. The van der Waals surface area contributed by atoms with E-state index < -0.39 is 0 Å². The Morgan fingerprint density at radius 3 is 2.68 bits per heavy atom. The van der Waals surface area contributed by atoms with Gasteiger partial charge in [0.05, 0.1) is 7.11 Å². The Labute approximate surface area is 120 Å². The molecule has 0 heterocycles. The fourth-order valence-electron chi connectivity index (χ4n) is 1.90. The van der Waals surface area contributed by atoms with Crippen LogP contribution in [0.1, 0.15) is 35.7 Å². The number of hydrogen-bond acceptors (Lipinski definition) is 2. The molecule has 0 saturated heterocycles. The Morgan fingerprint density at radius 2 is 2.11 bits per heavy atom. The topological polar surface area (TPSA) is 29.5 Å². The highest BCUT2D eigenvalue weighted by atomic mass is 35.5. The van der Waals surface area contributed by atoms with Crippen LogP contribution in [0.15, 0.2) is 18.2 Å². The second-order valence-corrected chi connectivity index (χ2v) is 4.90. The molecule has 1 aromatic carbocycles. The molecule has 19 heavy (non-hydrogen) atoms. The van der Waals surface area contributed by atoms with E-state index in [9.17, 15) is 4.79 Å². The lowest BCUT2D eigenvalue weighted by Crippen LogP contribution is -2.33. The van der Waals surface area contributed by atoms with Gasteiger partial charge in [-0.05, 0) is 31.0 Å². The number of methoxy groups -OCH3 is 1. The minimum atomic E-state index is 0.0207. The molecule has 1 amide bonds. The summed E-state index contributed by atoms with van der Waals surface area (Å²) in [5.41, 5.74) is 1.68. The van der Waals surface area contributed by atoms with E-state index in [2.05, 4.69) is 6.92 Å². The number of carbonyl (C=O) groups excluding carboxylic acids is 1. The standard InChI is InChI=1S/C15H22ClNO2/c1-4-5-9-17(10-8-16)15(18)13-7-6-12(2)14(11-13)19-3/h6-7,11H,4-5,8-10H2,1-3H3. The quantitative estimate of drug-likeness (QED) is 0.717. The lowest BCUT2D eigenvalue weighted by atomic mass is 10.1. The summed E-state index contributed by atoms with van der Waals surface area (Å²) in [5, 5.41) is 0. The third kappa shape index (κ3) is 4.43. The maximum atomic E-state index is 12.4. The van der Waals surface area contributed by atoms with Crippen molar-refractivity contribution in [3.8, 4) is 5.75 Å². The predicted octanol–water partition coefficient (Wildman–Crippen LogP) is 3.48. The first kappa shape index (κ1) is 15.8. The van der Waals surface area contributed by atoms with Crippen LogP contribution in [0.4, 0.5) is 0 Å². The molecule has 0 N–H and O–H groups in total. The van der Waals surface area contributed by atoms with Gasteiger partial charge in [0.2, 0.25) is 0 Å². The average molecular weight is 284 g/mol. The van der Waals surface area contributed by atoms with Crippen molar-refractivity contribution in [2.24, 2.45) is 0 Å². The zero-order chi connectivity index (χ0) is 14.3. The summed E-state index contributed by atoms with van der Waals surface area (Å²) in [6.45, 7) is 5.40. The van der Waals surface area contributed by atoms with Gasteiger partial charge in [-0.2, -0.15) is 0 Å². The molecular formula is C15H22ClNO2. The molecule has 0 bridgehead atoms. The van der Waals surface area contributed by atoms with E-state index >= 15 is 0 Å². The Kier molecular flexibility index (Phi) is 6.71. The van der Waals surface area contributed by atoms with Crippen molar-refractivity contribution in [2.45, 2.75) is 26.7 Å². The molecular weight excluding hydrogens is 262 g/mol. The van der Waals surface area contributed by atoms with Crippen molar-refractivity contribution < 1.29 is 9.53 Å². The van der Waals surface area contributed by atoms with Crippen molar-refractivity contribution in [1.82, 2.24) is 4.90 Å². The molecule has 0 unspecified atom stereocenters. The maximum Gasteiger partial charge on any atom is 0.254 e. The first-order valence-electron chi connectivity index (χ1n) is 6.63. The molecule has 0 aliphatic heterocycles. The monoisotopic (exact) mass is 283 g/mol. The summed E-state index contributed by atoms with van der Waals surface area (Å²) in [6.07, 6.45) is 2.05. The number of benzene rings is 1. The molecule has 0 saturated carbocycles. The smallest absolute Gasteiger partial charge is 0.254 e. The van der Waals surface area contributed by atoms with Crippen LogP contribution in [0, 0.1) is 6.92 Å². The first-order valence-corrected chi connectivity index (χ1v) is 7.17. The van der Waals surface area contributed by atoms with Gasteiger partial charge >= 0.3 is 0 Å². The number of carbonyl (C=O) groups is 1. The van der Waals surface area contributed by atoms with Gasteiger partial charge < -0.3 is 9.64 Å². The van der Waals surface area contributed by atoms with Gasteiger partial charge in [-0.1, -0.05) is 19.4 Å². The fourth-order valence-corrected chi connectivity index (χ4v) is 2.11. The van der Waals surface area contributed by atoms with E-state index in [1.165, 1.54) is 0 Å². The minimum Gasteiger partial charge on any atom is -0.496 e. The lowest BCUT2D eigenvalue weighted by molar-refractivity contribution is 0.0763. The molecule has 1 rings (SSSR count). The largest absolute Gasteiger partial charge is 0.496 e. The third-order valence-corrected chi connectivity index (χ3v) is 3.25. The van der Waals surface area contributed by atoms with E-state index in [1.807, 2.05) is 19.1 Å². The van der Waals surface area contributed by atoms with Crippen LogP contribution in [-0.4, -0.2) is 36.9 Å². The van der Waals surface area contributed by atoms with E-state index in [4.69, 9.17) is 16.3 Å². The van der Waals surface area contributed by atoms with Crippen LogP contribution in [0.5, 0.6) is 5.75 Å². The van der Waals surface area contributed by atoms with Crippen molar-refractivity contribution >= 4 is 17.5 Å². The summed E-state index contributed by atoms with van der Waals surface area (Å²) in [7, 11) is 1.62. The van der Waals surface area contributed by atoms with Crippen LogP contribution in [-0.2, 0) is 0 Å². The van der Waals surface area contributed by atoms with Gasteiger partial charge in [0.15, 0.2) is 0 Å². The number of amides is 1. The average Bonchev–Trinajstić information content (AvgIpc) is 2.43. The number of halogens is 1. The van der Waals surface area contributed by atoms with Crippen LogP contribution in [0.25, 0.3) is 0 Å².